The monoisotopic (exact) mass is 201 g/mol. The van der Waals surface area contributed by atoms with Crippen LogP contribution in [0.2, 0.25) is 0 Å². The second-order valence-corrected chi connectivity index (χ2v) is 4.20. The van der Waals surface area contributed by atoms with Crippen molar-refractivity contribution in [1.82, 2.24) is 4.98 Å². The first-order valence-corrected chi connectivity index (χ1v) is 5.24. The van der Waals surface area contributed by atoms with Gasteiger partial charge in [-0.05, 0) is 32.8 Å². The van der Waals surface area contributed by atoms with Gasteiger partial charge in [0.1, 0.15) is 6.07 Å². The van der Waals surface area contributed by atoms with Gasteiger partial charge in [0.05, 0.1) is 16.9 Å². The minimum atomic E-state index is 0.623. The molecule has 1 aromatic rings. The predicted molar refractivity (Wildman–Crippen MR) is 59.9 cm³/mol. The van der Waals surface area contributed by atoms with E-state index in [1.807, 2.05) is 19.9 Å². The van der Waals surface area contributed by atoms with E-state index in [4.69, 9.17) is 5.26 Å². The number of nitriles is 1. The van der Waals surface area contributed by atoms with Crippen LogP contribution in [0.25, 0.3) is 0 Å². The smallest absolute Gasteiger partial charge is 0.103 e. The average molecular weight is 201 g/mol. The Morgan fingerprint density at radius 2 is 2.13 bits per heavy atom. The van der Waals surface area contributed by atoms with Gasteiger partial charge in [-0.1, -0.05) is 0 Å². The number of pyridine rings is 1. The first kappa shape index (κ1) is 9.97. The molecular formula is C12H15N3. The first-order valence-electron chi connectivity index (χ1n) is 5.24. The maximum atomic E-state index is 9.12. The summed E-state index contributed by atoms with van der Waals surface area (Å²) in [5.41, 5.74) is 3.56. The van der Waals surface area contributed by atoms with Gasteiger partial charge in [-0.3, -0.25) is 4.98 Å². The van der Waals surface area contributed by atoms with E-state index < -0.39 is 0 Å². The molecule has 0 aromatic carbocycles. The molecule has 1 aliphatic rings. The average Bonchev–Trinajstić information content (AvgIpc) is 2.98. The summed E-state index contributed by atoms with van der Waals surface area (Å²) < 4.78 is 0. The Bertz CT molecular complexity index is 427. The van der Waals surface area contributed by atoms with Gasteiger partial charge < -0.3 is 4.90 Å². The molecule has 0 bridgehead atoms. The molecule has 0 amide bonds. The summed E-state index contributed by atoms with van der Waals surface area (Å²) in [4.78, 5) is 6.53. The van der Waals surface area contributed by atoms with Gasteiger partial charge in [0.15, 0.2) is 0 Å². The van der Waals surface area contributed by atoms with Crippen molar-refractivity contribution in [3.63, 3.8) is 0 Å². The summed E-state index contributed by atoms with van der Waals surface area (Å²) in [6, 6.07) is 4.88. The van der Waals surface area contributed by atoms with Gasteiger partial charge in [-0.2, -0.15) is 5.26 Å². The van der Waals surface area contributed by atoms with E-state index in [0.717, 1.165) is 22.6 Å². The van der Waals surface area contributed by atoms with Crippen molar-refractivity contribution in [3.8, 4) is 6.07 Å². The van der Waals surface area contributed by atoms with Crippen molar-refractivity contribution in [2.45, 2.75) is 32.7 Å². The fraction of sp³-hybridized carbons (Fsp3) is 0.500. The van der Waals surface area contributed by atoms with E-state index in [9.17, 15) is 0 Å². The summed E-state index contributed by atoms with van der Waals surface area (Å²) in [7, 11) is 2.06. The molecule has 0 spiro atoms. The molecule has 0 aliphatic heterocycles. The lowest BCUT2D eigenvalue weighted by atomic mass is 10.1. The predicted octanol–water partition coefficient (Wildman–Crippen LogP) is 2.17. The van der Waals surface area contributed by atoms with Crippen LogP contribution >= 0.6 is 0 Å². The molecule has 0 radical (unpaired) electrons. The lowest BCUT2D eigenvalue weighted by Crippen LogP contribution is -2.21. The van der Waals surface area contributed by atoms with Crippen molar-refractivity contribution in [2.75, 3.05) is 11.9 Å². The minimum absolute atomic E-state index is 0.623. The molecule has 0 N–H and O–H groups in total. The maximum absolute atomic E-state index is 9.12. The van der Waals surface area contributed by atoms with Crippen LogP contribution in [0.15, 0.2) is 6.07 Å². The van der Waals surface area contributed by atoms with Gasteiger partial charge >= 0.3 is 0 Å². The third-order valence-corrected chi connectivity index (χ3v) is 2.89. The molecule has 1 fully saturated rings. The number of hydrogen-bond acceptors (Lipinski definition) is 3. The van der Waals surface area contributed by atoms with Crippen molar-refractivity contribution >= 4 is 5.69 Å². The molecule has 0 saturated heterocycles. The maximum Gasteiger partial charge on any atom is 0.103 e. The second kappa shape index (κ2) is 3.54. The summed E-state index contributed by atoms with van der Waals surface area (Å²) in [6.45, 7) is 3.87. The highest BCUT2D eigenvalue weighted by Gasteiger charge is 2.28. The Morgan fingerprint density at radius 3 is 2.67 bits per heavy atom. The molecule has 78 valence electrons. The number of aromatic nitrogens is 1. The summed E-state index contributed by atoms with van der Waals surface area (Å²) >= 11 is 0. The van der Waals surface area contributed by atoms with Crippen LogP contribution in [-0.4, -0.2) is 18.1 Å². The van der Waals surface area contributed by atoms with E-state index in [0.29, 0.717) is 6.04 Å². The third-order valence-electron chi connectivity index (χ3n) is 2.89. The zero-order valence-electron chi connectivity index (χ0n) is 9.41. The topological polar surface area (TPSA) is 39.9 Å². The van der Waals surface area contributed by atoms with E-state index >= 15 is 0 Å². The summed E-state index contributed by atoms with van der Waals surface area (Å²) in [6.07, 6.45) is 2.48. The number of nitrogens with zero attached hydrogens (tertiary/aromatic N) is 3. The van der Waals surface area contributed by atoms with E-state index in [1.54, 1.807) is 0 Å². The van der Waals surface area contributed by atoms with Crippen LogP contribution in [0, 0.1) is 25.2 Å². The highest BCUT2D eigenvalue weighted by Crippen LogP contribution is 2.32. The van der Waals surface area contributed by atoms with Gasteiger partial charge in [-0.25, -0.2) is 0 Å². The summed E-state index contributed by atoms with van der Waals surface area (Å²) in [5.74, 6) is 0. The summed E-state index contributed by atoms with van der Waals surface area (Å²) in [5, 5.41) is 9.12. The van der Waals surface area contributed by atoms with Crippen molar-refractivity contribution in [1.29, 1.82) is 5.26 Å². The van der Waals surface area contributed by atoms with Gasteiger partial charge in [0.25, 0.3) is 0 Å². The van der Waals surface area contributed by atoms with E-state index in [2.05, 4.69) is 23.0 Å². The van der Waals surface area contributed by atoms with E-state index in [-0.39, 0.29) is 0 Å². The number of hydrogen-bond donors (Lipinski definition) is 0. The number of anilines is 1. The highest BCUT2D eigenvalue weighted by atomic mass is 15.2. The molecule has 1 aliphatic carbocycles. The molecule has 3 heteroatoms. The third kappa shape index (κ3) is 1.80. The Balaban J connectivity index is 2.48. The largest absolute Gasteiger partial charge is 0.370 e. The quantitative estimate of drug-likeness (QED) is 0.736. The molecule has 15 heavy (non-hydrogen) atoms. The Hall–Kier alpha value is -1.56. The van der Waals surface area contributed by atoms with E-state index in [1.165, 1.54) is 12.8 Å². The van der Waals surface area contributed by atoms with Crippen molar-refractivity contribution in [2.24, 2.45) is 0 Å². The lowest BCUT2D eigenvalue weighted by molar-refractivity contribution is 0.905. The Kier molecular flexibility index (Phi) is 2.36. The van der Waals surface area contributed by atoms with Crippen LogP contribution in [0.1, 0.15) is 29.8 Å². The molecular weight excluding hydrogens is 186 g/mol. The first-order chi connectivity index (χ1) is 7.13. The SMILES string of the molecule is Cc1cc(N(C)C2CC2)c(C#N)c(C)n1. The molecule has 1 saturated carbocycles. The molecule has 3 nitrogen and oxygen atoms in total. The van der Waals surface area contributed by atoms with Gasteiger partial charge in [0.2, 0.25) is 0 Å². The number of rotatable bonds is 2. The lowest BCUT2D eigenvalue weighted by Gasteiger charge is -2.21. The second-order valence-electron chi connectivity index (χ2n) is 4.20. The van der Waals surface area contributed by atoms with Gasteiger partial charge in [-0.15, -0.1) is 0 Å². The Morgan fingerprint density at radius 1 is 1.47 bits per heavy atom. The van der Waals surface area contributed by atoms with Crippen LogP contribution < -0.4 is 4.90 Å². The molecule has 2 rings (SSSR count). The molecule has 0 unspecified atom stereocenters. The molecule has 1 aromatic heterocycles. The molecule has 0 atom stereocenters. The Labute approximate surface area is 90.4 Å². The van der Waals surface area contributed by atoms with Crippen LogP contribution in [-0.2, 0) is 0 Å². The standard InChI is InChI=1S/C12H15N3/c1-8-6-12(15(3)10-4-5-10)11(7-13)9(2)14-8/h6,10H,4-5H2,1-3H3. The van der Waals surface area contributed by atoms with Crippen molar-refractivity contribution in [3.05, 3.63) is 23.0 Å². The zero-order chi connectivity index (χ0) is 11.0. The fourth-order valence-electron chi connectivity index (χ4n) is 1.88. The number of aryl methyl sites for hydroxylation is 2. The zero-order valence-corrected chi connectivity index (χ0v) is 9.41. The van der Waals surface area contributed by atoms with Crippen LogP contribution in [0.4, 0.5) is 5.69 Å². The van der Waals surface area contributed by atoms with Crippen molar-refractivity contribution < 1.29 is 0 Å². The normalized spacial score (nSPS) is 14.8. The minimum Gasteiger partial charge on any atom is -0.370 e. The van der Waals surface area contributed by atoms with Gasteiger partial charge in [0, 0.05) is 18.8 Å². The highest BCUT2D eigenvalue weighted by molar-refractivity contribution is 5.62. The fourth-order valence-corrected chi connectivity index (χ4v) is 1.88. The van der Waals surface area contributed by atoms with Crippen LogP contribution in [0.5, 0.6) is 0 Å². The van der Waals surface area contributed by atoms with Crippen LogP contribution in [0.3, 0.4) is 0 Å². The molecule has 1 heterocycles.